The lowest BCUT2D eigenvalue weighted by Crippen LogP contribution is -2.60. The second kappa shape index (κ2) is 30.5. The number of hydrogen-bond donors (Lipinski definition) is 2. The maximum atomic E-state index is 14.7. The zero-order valence-corrected chi connectivity index (χ0v) is 48.3. The van der Waals surface area contributed by atoms with E-state index in [1.807, 2.05) is 110 Å². The molecule has 0 saturated carbocycles. The van der Waals surface area contributed by atoms with Crippen LogP contribution in [0.2, 0.25) is 0 Å². The summed E-state index contributed by atoms with van der Waals surface area (Å²) in [6.45, 7) is 21.0. The number of ether oxygens (including phenoxy) is 2. The molecule has 0 aromatic heterocycles. The number of likely N-dealkylation sites (tertiary alicyclic amines) is 1. The highest BCUT2D eigenvalue weighted by Crippen LogP contribution is 2.32. The summed E-state index contributed by atoms with van der Waals surface area (Å²) in [6.07, 6.45) is 10.1. The van der Waals surface area contributed by atoms with Gasteiger partial charge in [-0.15, -0.1) is 0 Å². The largest absolute Gasteiger partial charge is 0.379 e. The van der Waals surface area contributed by atoms with E-state index < -0.39 is 46.4 Å². The van der Waals surface area contributed by atoms with Crippen molar-refractivity contribution < 1.29 is 46.4 Å². The Labute approximate surface area is 445 Å². The van der Waals surface area contributed by atoms with Gasteiger partial charge < -0.3 is 24.6 Å². The van der Waals surface area contributed by atoms with Gasteiger partial charge in [0.05, 0.1) is 41.6 Å². The molecule has 15 heteroatoms. The molecule has 1 aliphatic rings. The standard InChI is InChI=1S/C59H94N4O10S/c1-15-42(8)55(62(12)58(68)53(40(4)5)60-57(67)54(41(6)7)61(11)36-23-29-51(65)59(10,16-2)17-3)50(72-13)39-52(66)63-37-22-27-48(63)56(73-14)43(9)49(64)28-21-26-46(38-45-24-19-18-20-25-45)31-30-44-32-34-47(35-33-44)74(69,70)71/h18-20,24-25,30-35,40-43,46,48,50,53-56H,15-17,21-23,26-29,36-39H2,1-14H3,(H,60,67)(H,69,70,71). The summed E-state index contributed by atoms with van der Waals surface area (Å²) in [5.41, 5.74) is 1.61. The first-order valence-electron chi connectivity index (χ1n) is 27.4. The molecule has 9 atom stereocenters. The van der Waals surface area contributed by atoms with Crippen LogP contribution in [-0.2, 0) is 50.0 Å². The van der Waals surface area contributed by atoms with Crippen LogP contribution in [0.15, 0.2) is 65.6 Å². The zero-order valence-electron chi connectivity index (χ0n) is 47.5. The number of likely N-dealkylation sites (N-methyl/N-ethyl adjacent to an activating group) is 2. The molecule has 0 radical (unpaired) electrons. The van der Waals surface area contributed by atoms with E-state index in [1.165, 1.54) is 12.1 Å². The van der Waals surface area contributed by atoms with Crippen LogP contribution in [0.4, 0.5) is 0 Å². The number of rotatable bonds is 33. The molecule has 74 heavy (non-hydrogen) atoms. The molecule has 416 valence electrons. The minimum absolute atomic E-state index is 0.0104. The van der Waals surface area contributed by atoms with E-state index in [4.69, 9.17) is 9.47 Å². The highest BCUT2D eigenvalue weighted by molar-refractivity contribution is 7.85. The van der Waals surface area contributed by atoms with Crippen LogP contribution in [-0.4, -0.2) is 135 Å². The maximum Gasteiger partial charge on any atom is 0.294 e. The van der Waals surface area contributed by atoms with Gasteiger partial charge in [0.2, 0.25) is 17.7 Å². The smallest absolute Gasteiger partial charge is 0.294 e. The lowest BCUT2D eigenvalue weighted by atomic mass is 9.79. The van der Waals surface area contributed by atoms with Crippen molar-refractivity contribution in [3.63, 3.8) is 0 Å². The Morgan fingerprint density at radius 2 is 1.51 bits per heavy atom. The van der Waals surface area contributed by atoms with Gasteiger partial charge in [0.15, 0.2) is 0 Å². The molecule has 14 nitrogen and oxygen atoms in total. The fourth-order valence-corrected chi connectivity index (χ4v) is 11.3. The third-order valence-corrected chi connectivity index (χ3v) is 17.1. The second-order valence-electron chi connectivity index (χ2n) is 22.0. The summed E-state index contributed by atoms with van der Waals surface area (Å²) in [6, 6.07) is 13.9. The average Bonchev–Trinajstić information content (AvgIpc) is 3.86. The Morgan fingerprint density at radius 1 is 0.878 bits per heavy atom. The lowest BCUT2D eigenvalue weighted by Gasteiger charge is -2.41. The zero-order chi connectivity index (χ0) is 55.5. The molecule has 1 saturated heterocycles. The van der Waals surface area contributed by atoms with Crippen molar-refractivity contribution in [2.45, 2.75) is 188 Å². The van der Waals surface area contributed by atoms with Gasteiger partial charge in [0.1, 0.15) is 17.6 Å². The third-order valence-electron chi connectivity index (χ3n) is 16.2. The molecule has 3 amide bonds. The van der Waals surface area contributed by atoms with Crippen LogP contribution in [0.25, 0.3) is 6.08 Å². The van der Waals surface area contributed by atoms with E-state index in [1.54, 1.807) is 38.3 Å². The predicted octanol–water partition coefficient (Wildman–Crippen LogP) is 9.74. The van der Waals surface area contributed by atoms with Crippen molar-refractivity contribution in [2.24, 2.45) is 35.0 Å². The van der Waals surface area contributed by atoms with Crippen LogP contribution in [0.1, 0.15) is 151 Å². The highest BCUT2D eigenvalue weighted by atomic mass is 32.2. The minimum atomic E-state index is -4.30. The van der Waals surface area contributed by atoms with Gasteiger partial charge in [-0.2, -0.15) is 8.42 Å². The van der Waals surface area contributed by atoms with E-state index in [0.717, 1.165) is 43.2 Å². The first kappa shape index (κ1) is 64.0. The number of methoxy groups -OCH3 is 2. The van der Waals surface area contributed by atoms with Gasteiger partial charge in [-0.3, -0.25) is 33.4 Å². The van der Waals surface area contributed by atoms with Crippen LogP contribution in [0, 0.1) is 35.0 Å². The first-order valence-corrected chi connectivity index (χ1v) is 28.8. The molecule has 0 spiro atoms. The first-order chi connectivity index (χ1) is 34.9. The topological polar surface area (TPSA) is 180 Å². The van der Waals surface area contributed by atoms with Crippen molar-refractivity contribution in [3.8, 4) is 0 Å². The van der Waals surface area contributed by atoms with Crippen molar-refractivity contribution in [1.29, 1.82) is 0 Å². The van der Waals surface area contributed by atoms with Gasteiger partial charge in [-0.25, -0.2) is 0 Å². The highest BCUT2D eigenvalue weighted by Gasteiger charge is 2.43. The molecular formula is C59H94N4O10S. The van der Waals surface area contributed by atoms with Crippen molar-refractivity contribution in [3.05, 3.63) is 71.8 Å². The summed E-state index contributed by atoms with van der Waals surface area (Å²) in [5, 5.41) is 3.12. The predicted molar refractivity (Wildman–Crippen MR) is 295 cm³/mol. The van der Waals surface area contributed by atoms with E-state index in [2.05, 4.69) is 23.5 Å². The Kier molecular flexibility index (Phi) is 26.3. The molecule has 1 heterocycles. The number of nitrogens with one attached hydrogen (secondary N) is 1. The fraction of sp³-hybridized carbons (Fsp3) is 0.678. The summed E-state index contributed by atoms with van der Waals surface area (Å²) in [4.78, 5) is 75.8. The number of ketones is 2. The number of nitrogens with zero attached hydrogens (tertiary/aromatic N) is 3. The van der Waals surface area contributed by atoms with Crippen LogP contribution in [0.5, 0.6) is 0 Å². The third kappa shape index (κ3) is 18.2. The molecule has 0 bridgehead atoms. The molecule has 9 unspecified atom stereocenters. The second-order valence-corrected chi connectivity index (χ2v) is 23.4. The summed E-state index contributed by atoms with van der Waals surface area (Å²) in [7, 11) is 2.51. The number of Topliss-reactive ketones (excluding diaryl/α,β-unsaturated/α-hetero) is 2. The Morgan fingerprint density at radius 3 is 2.05 bits per heavy atom. The quantitative estimate of drug-likeness (QED) is 0.0650. The van der Waals surface area contributed by atoms with Crippen molar-refractivity contribution >= 4 is 45.5 Å². The number of allylic oxidation sites excluding steroid dienone is 1. The summed E-state index contributed by atoms with van der Waals surface area (Å²) in [5.74, 6) is -1.10. The van der Waals surface area contributed by atoms with Crippen molar-refractivity contribution in [1.82, 2.24) is 20.0 Å². The van der Waals surface area contributed by atoms with Gasteiger partial charge in [0.25, 0.3) is 10.1 Å². The fourth-order valence-electron chi connectivity index (χ4n) is 10.8. The molecule has 3 rings (SSSR count). The molecule has 1 fully saturated rings. The normalized spacial score (nSPS) is 17.8. The van der Waals surface area contributed by atoms with E-state index in [-0.39, 0.29) is 75.7 Å². The molecule has 0 aliphatic carbocycles. The number of benzene rings is 2. The number of carbonyl (C=O) groups excluding carboxylic acids is 5. The minimum Gasteiger partial charge on any atom is -0.379 e. The molecule has 2 N–H and O–H groups in total. The number of carbonyl (C=O) groups is 5. The van der Waals surface area contributed by atoms with Crippen molar-refractivity contribution in [2.75, 3.05) is 41.4 Å². The molecule has 1 aliphatic heterocycles. The number of hydrogen-bond acceptors (Lipinski definition) is 10. The number of amides is 3. The Hall–Kier alpha value is -4.28. The van der Waals surface area contributed by atoms with Gasteiger partial charge in [-0.05, 0) is 112 Å². The molecular weight excluding hydrogens is 957 g/mol. The Bertz CT molecular complexity index is 2210. The van der Waals surface area contributed by atoms with E-state index in [0.29, 0.717) is 51.6 Å². The lowest BCUT2D eigenvalue weighted by molar-refractivity contribution is -0.148. The van der Waals surface area contributed by atoms with Crippen LogP contribution >= 0.6 is 0 Å². The molecule has 2 aromatic rings. The van der Waals surface area contributed by atoms with E-state index >= 15 is 0 Å². The SMILES string of the molecule is CCC(C)C(C(CC(=O)N1CCCC1C(OC)C(C)C(=O)CCCC(C=Cc1ccc(S(=O)(=O)O)cc1)Cc1ccccc1)OC)N(C)C(=O)C(NC(=O)C(C(C)C)N(C)CCCC(=O)C(C)(CC)CC)C(C)C. The van der Waals surface area contributed by atoms with Crippen LogP contribution in [0.3, 0.4) is 0 Å². The van der Waals surface area contributed by atoms with E-state index in [9.17, 15) is 36.9 Å². The average molecular weight is 1050 g/mol. The Balaban J connectivity index is 1.73. The summed E-state index contributed by atoms with van der Waals surface area (Å²) < 4.78 is 44.7. The van der Waals surface area contributed by atoms with Gasteiger partial charge in [-0.1, -0.05) is 130 Å². The molecule has 2 aromatic carbocycles. The maximum absolute atomic E-state index is 14.7. The monoisotopic (exact) mass is 1050 g/mol. The van der Waals surface area contributed by atoms with Gasteiger partial charge >= 0.3 is 0 Å². The van der Waals surface area contributed by atoms with Crippen LogP contribution < -0.4 is 5.32 Å². The summed E-state index contributed by atoms with van der Waals surface area (Å²) >= 11 is 0. The van der Waals surface area contributed by atoms with Gasteiger partial charge in [0, 0.05) is 52.0 Å².